The Morgan fingerprint density at radius 1 is 0.917 bits per heavy atom. The van der Waals surface area contributed by atoms with Crippen molar-refractivity contribution in [1.29, 1.82) is 0 Å². The first-order valence-electron chi connectivity index (χ1n) is 10.5. The third kappa shape index (κ3) is 4.87. The van der Waals surface area contributed by atoms with Gasteiger partial charge in [0.05, 0.1) is 0 Å². The van der Waals surface area contributed by atoms with E-state index in [0.29, 0.717) is 5.41 Å². The molecule has 1 spiro atoms. The first kappa shape index (κ1) is 18.0. The van der Waals surface area contributed by atoms with Crippen LogP contribution in [0, 0.1) is 5.41 Å². The van der Waals surface area contributed by atoms with Gasteiger partial charge in [0.1, 0.15) is 0 Å². The van der Waals surface area contributed by atoms with Gasteiger partial charge in [-0.2, -0.15) is 0 Å². The fraction of sp³-hybridized carbons (Fsp3) is 0.950. The largest absolute Gasteiger partial charge is 0.356 e. The van der Waals surface area contributed by atoms with Crippen LogP contribution >= 0.6 is 0 Å². The average molecular weight is 335 g/mol. The first-order valence-corrected chi connectivity index (χ1v) is 10.5. The van der Waals surface area contributed by atoms with Gasteiger partial charge in [0, 0.05) is 26.7 Å². The van der Waals surface area contributed by atoms with E-state index in [1.54, 1.807) is 0 Å². The van der Waals surface area contributed by atoms with Gasteiger partial charge in [-0.1, -0.05) is 25.7 Å². The monoisotopic (exact) mass is 334 g/mol. The van der Waals surface area contributed by atoms with Crippen molar-refractivity contribution in [2.24, 2.45) is 10.4 Å². The van der Waals surface area contributed by atoms with Crippen LogP contribution in [0.2, 0.25) is 0 Å². The maximum Gasteiger partial charge on any atom is 0.193 e. The SMILES string of the molecule is CN=C(NCCCCCN1CCCCC1)N1CCC2(CCCC2)C1. The number of likely N-dealkylation sites (tertiary alicyclic amines) is 2. The summed E-state index contributed by atoms with van der Waals surface area (Å²) in [6, 6.07) is 0. The molecule has 0 bridgehead atoms. The molecule has 0 radical (unpaired) electrons. The van der Waals surface area contributed by atoms with Crippen LogP contribution in [-0.2, 0) is 0 Å². The lowest BCUT2D eigenvalue weighted by molar-refractivity contribution is 0.224. The Bertz CT molecular complexity index is 394. The van der Waals surface area contributed by atoms with Crippen molar-refractivity contribution >= 4 is 5.96 Å². The summed E-state index contributed by atoms with van der Waals surface area (Å²) in [4.78, 5) is 9.71. The van der Waals surface area contributed by atoms with Crippen LogP contribution in [0.15, 0.2) is 4.99 Å². The fourth-order valence-corrected chi connectivity index (χ4v) is 5.00. The number of rotatable bonds is 6. The van der Waals surface area contributed by atoms with Gasteiger partial charge in [-0.25, -0.2) is 0 Å². The van der Waals surface area contributed by atoms with Crippen molar-refractivity contribution in [2.75, 3.05) is 46.3 Å². The molecule has 0 unspecified atom stereocenters. The zero-order valence-corrected chi connectivity index (χ0v) is 15.9. The molecule has 1 saturated carbocycles. The van der Waals surface area contributed by atoms with E-state index in [2.05, 4.69) is 20.1 Å². The molecule has 0 aromatic rings. The predicted molar refractivity (Wildman–Crippen MR) is 103 cm³/mol. The molecular weight excluding hydrogens is 296 g/mol. The average Bonchev–Trinajstić information content (AvgIpc) is 3.25. The summed E-state index contributed by atoms with van der Waals surface area (Å²) in [6.45, 7) is 7.50. The van der Waals surface area contributed by atoms with Crippen molar-refractivity contribution in [3.8, 4) is 0 Å². The van der Waals surface area contributed by atoms with Crippen molar-refractivity contribution in [3.05, 3.63) is 0 Å². The Morgan fingerprint density at radius 3 is 2.46 bits per heavy atom. The maximum absolute atomic E-state index is 4.54. The van der Waals surface area contributed by atoms with Crippen LogP contribution in [0.4, 0.5) is 0 Å². The minimum Gasteiger partial charge on any atom is -0.356 e. The summed E-state index contributed by atoms with van der Waals surface area (Å²) in [5.41, 5.74) is 0.631. The summed E-state index contributed by atoms with van der Waals surface area (Å²) < 4.78 is 0. The van der Waals surface area contributed by atoms with Crippen molar-refractivity contribution in [2.45, 2.75) is 70.6 Å². The summed E-state index contributed by atoms with van der Waals surface area (Å²) in [6.07, 6.45) is 15.4. The molecule has 0 amide bonds. The molecule has 4 nitrogen and oxygen atoms in total. The van der Waals surface area contributed by atoms with Crippen LogP contribution in [0.25, 0.3) is 0 Å². The van der Waals surface area contributed by atoms with Gasteiger partial charge in [0.25, 0.3) is 0 Å². The summed E-state index contributed by atoms with van der Waals surface area (Å²) in [7, 11) is 1.94. The van der Waals surface area contributed by atoms with E-state index in [1.165, 1.54) is 103 Å². The standard InChI is InChI=1S/C20H38N4/c1-21-19(24-17-12-20(18-24)10-4-5-11-20)22-13-6-2-7-14-23-15-8-3-9-16-23/h2-18H2,1H3,(H,21,22). The fourth-order valence-electron chi connectivity index (χ4n) is 5.00. The molecule has 2 saturated heterocycles. The Balaban J connectivity index is 1.28. The summed E-state index contributed by atoms with van der Waals surface area (Å²) in [5, 5.41) is 3.62. The second kappa shape index (κ2) is 9.07. The first-order chi connectivity index (χ1) is 11.8. The van der Waals surface area contributed by atoms with Gasteiger partial charge >= 0.3 is 0 Å². The Hall–Kier alpha value is -0.770. The maximum atomic E-state index is 4.54. The molecule has 0 aromatic heterocycles. The number of nitrogens with one attached hydrogen (secondary N) is 1. The van der Waals surface area contributed by atoms with Crippen LogP contribution in [0.3, 0.4) is 0 Å². The molecule has 138 valence electrons. The van der Waals surface area contributed by atoms with Crippen LogP contribution in [-0.4, -0.2) is 62.1 Å². The Labute approximate surface area is 149 Å². The molecule has 1 N–H and O–H groups in total. The van der Waals surface area contributed by atoms with Gasteiger partial charge in [0.2, 0.25) is 0 Å². The quantitative estimate of drug-likeness (QED) is 0.458. The smallest absolute Gasteiger partial charge is 0.193 e. The van der Waals surface area contributed by atoms with E-state index in [1.807, 2.05) is 7.05 Å². The zero-order chi connectivity index (χ0) is 16.7. The molecule has 3 fully saturated rings. The van der Waals surface area contributed by atoms with Gasteiger partial charge in [-0.3, -0.25) is 4.99 Å². The van der Waals surface area contributed by atoms with E-state index >= 15 is 0 Å². The van der Waals surface area contributed by atoms with Crippen molar-refractivity contribution < 1.29 is 0 Å². The minimum absolute atomic E-state index is 0.631. The van der Waals surface area contributed by atoms with Crippen molar-refractivity contribution in [1.82, 2.24) is 15.1 Å². The molecule has 2 heterocycles. The van der Waals surface area contributed by atoms with Gasteiger partial charge < -0.3 is 15.1 Å². The Kier molecular flexibility index (Phi) is 6.82. The van der Waals surface area contributed by atoms with Crippen molar-refractivity contribution in [3.63, 3.8) is 0 Å². The van der Waals surface area contributed by atoms with Gasteiger partial charge in [-0.05, 0) is 70.0 Å². The number of hydrogen-bond acceptors (Lipinski definition) is 2. The summed E-state index contributed by atoms with van der Waals surface area (Å²) >= 11 is 0. The second-order valence-corrected chi connectivity index (χ2v) is 8.32. The molecule has 0 atom stereocenters. The van der Waals surface area contributed by atoms with Gasteiger partial charge in [0.15, 0.2) is 5.96 Å². The topological polar surface area (TPSA) is 30.9 Å². The molecule has 2 aliphatic heterocycles. The predicted octanol–water partition coefficient (Wildman–Crippen LogP) is 3.48. The second-order valence-electron chi connectivity index (χ2n) is 8.32. The lowest BCUT2D eigenvalue weighted by Gasteiger charge is -2.26. The number of nitrogens with zero attached hydrogens (tertiary/aromatic N) is 3. The Morgan fingerprint density at radius 2 is 1.71 bits per heavy atom. The molecule has 24 heavy (non-hydrogen) atoms. The number of guanidine groups is 1. The number of unbranched alkanes of at least 4 members (excludes halogenated alkanes) is 2. The van der Waals surface area contributed by atoms with E-state index in [9.17, 15) is 0 Å². The van der Waals surface area contributed by atoms with Crippen LogP contribution in [0.1, 0.15) is 70.6 Å². The lowest BCUT2D eigenvalue weighted by atomic mass is 9.86. The number of aliphatic imine (C=N–C) groups is 1. The highest BCUT2D eigenvalue weighted by Crippen LogP contribution is 2.45. The third-order valence-electron chi connectivity index (χ3n) is 6.50. The number of piperidine rings is 1. The zero-order valence-electron chi connectivity index (χ0n) is 15.9. The normalized spacial score (nSPS) is 24.9. The van der Waals surface area contributed by atoms with Gasteiger partial charge in [-0.15, -0.1) is 0 Å². The molecule has 3 aliphatic rings. The van der Waals surface area contributed by atoms with E-state index in [0.717, 1.165) is 12.5 Å². The third-order valence-corrected chi connectivity index (χ3v) is 6.50. The molecule has 3 rings (SSSR count). The number of hydrogen-bond donors (Lipinski definition) is 1. The van der Waals surface area contributed by atoms with Crippen LogP contribution < -0.4 is 5.32 Å². The van der Waals surface area contributed by atoms with Crippen LogP contribution in [0.5, 0.6) is 0 Å². The summed E-state index contributed by atoms with van der Waals surface area (Å²) in [5.74, 6) is 1.15. The molecule has 1 aliphatic carbocycles. The van der Waals surface area contributed by atoms with E-state index in [-0.39, 0.29) is 0 Å². The van der Waals surface area contributed by atoms with E-state index < -0.39 is 0 Å². The minimum atomic E-state index is 0.631. The van der Waals surface area contributed by atoms with E-state index in [4.69, 9.17) is 0 Å². The molecule has 0 aromatic carbocycles. The highest BCUT2D eigenvalue weighted by Gasteiger charge is 2.40. The molecule has 4 heteroatoms. The highest BCUT2D eigenvalue weighted by atomic mass is 15.3. The molecular formula is C20H38N4. The highest BCUT2D eigenvalue weighted by molar-refractivity contribution is 5.80. The lowest BCUT2D eigenvalue weighted by Crippen LogP contribution is -2.41.